The van der Waals surface area contributed by atoms with Gasteiger partial charge in [-0.25, -0.2) is 4.39 Å². The van der Waals surface area contributed by atoms with Crippen LogP contribution < -0.4 is 5.32 Å². The van der Waals surface area contributed by atoms with Gasteiger partial charge in [0.25, 0.3) is 0 Å². The first-order valence-electron chi connectivity index (χ1n) is 6.18. The molecule has 0 saturated carbocycles. The summed E-state index contributed by atoms with van der Waals surface area (Å²) >= 11 is 4.62. The fourth-order valence-corrected chi connectivity index (χ4v) is 2.68. The minimum absolute atomic E-state index is 0.291. The molecule has 4 nitrogen and oxygen atoms in total. The zero-order chi connectivity index (χ0) is 14.4. The van der Waals surface area contributed by atoms with Crippen LogP contribution in [0.5, 0.6) is 0 Å². The number of nitrogens with one attached hydrogen (secondary N) is 1. The molecular weight excluding hydrogens is 345 g/mol. The molecular formula is C13H15BrFN3OS. The molecule has 0 unspecified atom stereocenters. The molecule has 2 aromatic rings. The summed E-state index contributed by atoms with van der Waals surface area (Å²) in [6.07, 6.45) is 0.806. The van der Waals surface area contributed by atoms with E-state index in [9.17, 15) is 4.39 Å². The molecule has 0 bridgehead atoms. The Labute approximate surface area is 129 Å². The highest BCUT2D eigenvalue weighted by molar-refractivity contribution is 9.10. The number of hydrogen-bond donors (Lipinski definition) is 1. The van der Waals surface area contributed by atoms with Gasteiger partial charge in [-0.15, -0.1) is 10.2 Å². The molecule has 0 spiro atoms. The molecule has 1 heterocycles. The standard InChI is InChI=1S/C13H15BrFN3OS/c1-19-7-6-16-5-4-12-17-18-13(20-12)9-2-3-10(14)11(15)8-9/h2-3,8,16H,4-7H2,1H3. The molecule has 2 rings (SSSR count). The summed E-state index contributed by atoms with van der Waals surface area (Å²) in [6, 6.07) is 4.97. The molecule has 0 atom stereocenters. The van der Waals surface area contributed by atoms with E-state index in [2.05, 4.69) is 31.4 Å². The Morgan fingerprint density at radius 1 is 1.35 bits per heavy atom. The van der Waals surface area contributed by atoms with E-state index < -0.39 is 0 Å². The lowest BCUT2D eigenvalue weighted by atomic mass is 10.2. The van der Waals surface area contributed by atoms with Gasteiger partial charge in [-0.1, -0.05) is 17.4 Å². The molecule has 0 aliphatic carbocycles. The topological polar surface area (TPSA) is 47.0 Å². The first-order valence-corrected chi connectivity index (χ1v) is 7.79. The quantitative estimate of drug-likeness (QED) is 0.772. The van der Waals surface area contributed by atoms with Gasteiger partial charge in [-0.05, 0) is 28.1 Å². The van der Waals surface area contributed by atoms with Crippen LogP contribution in [0.4, 0.5) is 4.39 Å². The number of halogens is 2. The molecule has 20 heavy (non-hydrogen) atoms. The number of hydrogen-bond acceptors (Lipinski definition) is 5. The SMILES string of the molecule is COCCNCCc1nnc(-c2ccc(Br)c(F)c2)s1. The fraction of sp³-hybridized carbons (Fsp3) is 0.385. The second-order valence-corrected chi connectivity index (χ2v) is 6.04. The van der Waals surface area contributed by atoms with Gasteiger partial charge in [0, 0.05) is 32.2 Å². The van der Waals surface area contributed by atoms with Crippen LogP contribution in [0.1, 0.15) is 5.01 Å². The van der Waals surface area contributed by atoms with E-state index >= 15 is 0 Å². The van der Waals surface area contributed by atoms with Gasteiger partial charge in [0.2, 0.25) is 0 Å². The Kier molecular flexibility index (Phi) is 6.03. The Balaban J connectivity index is 1.93. The zero-order valence-corrected chi connectivity index (χ0v) is 13.4. The van der Waals surface area contributed by atoms with Gasteiger partial charge < -0.3 is 10.1 Å². The lowest BCUT2D eigenvalue weighted by molar-refractivity contribution is 0.199. The van der Waals surface area contributed by atoms with E-state index in [0.717, 1.165) is 35.1 Å². The lowest BCUT2D eigenvalue weighted by Crippen LogP contribution is -2.21. The van der Waals surface area contributed by atoms with Crippen LogP contribution in [-0.2, 0) is 11.2 Å². The van der Waals surface area contributed by atoms with Crippen molar-refractivity contribution < 1.29 is 9.13 Å². The highest BCUT2D eigenvalue weighted by Crippen LogP contribution is 2.27. The van der Waals surface area contributed by atoms with Gasteiger partial charge in [0.05, 0.1) is 11.1 Å². The first-order chi connectivity index (χ1) is 9.70. The third-order valence-corrected chi connectivity index (χ3v) is 4.31. The fourth-order valence-electron chi connectivity index (χ4n) is 1.60. The average molecular weight is 360 g/mol. The summed E-state index contributed by atoms with van der Waals surface area (Å²) in [5, 5.41) is 13.2. The number of nitrogens with zero attached hydrogens (tertiary/aromatic N) is 2. The molecule has 0 aliphatic heterocycles. The van der Waals surface area contributed by atoms with Crippen molar-refractivity contribution in [1.29, 1.82) is 0 Å². The summed E-state index contributed by atoms with van der Waals surface area (Å²) in [4.78, 5) is 0. The summed E-state index contributed by atoms with van der Waals surface area (Å²) < 4.78 is 18.9. The average Bonchev–Trinajstić information content (AvgIpc) is 2.90. The number of methoxy groups -OCH3 is 1. The van der Waals surface area contributed by atoms with Gasteiger partial charge in [-0.3, -0.25) is 0 Å². The normalized spacial score (nSPS) is 10.9. The third kappa shape index (κ3) is 4.31. The van der Waals surface area contributed by atoms with Crippen molar-refractivity contribution in [2.75, 3.05) is 26.8 Å². The van der Waals surface area contributed by atoms with Crippen LogP contribution in [0.2, 0.25) is 0 Å². The van der Waals surface area contributed by atoms with E-state index in [4.69, 9.17) is 4.74 Å². The van der Waals surface area contributed by atoms with Crippen molar-refractivity contribution in [2.24, 2.45) is 0 Å². The summed E-state index contributed by atoms with van der Waals surface area (Å²) in [5.41, 5.74) is 0.752. The highest BCUT2D eigenvalue weighted by Gasteiger charge is 2.08. The first kappa shape index (κ1) is 15.5. The van der Waals surface area contributed by atoms with Crippen LogP contribution >= 0.6 is 27.3 Å². The smallest absolute Gasteiger partial charge is 0.147 e. The maximum atomic E-state index is 13.5. The molecule has 108 valence electrons. The lowest BCUT2D eigenvalue weighted by Gasteiger charge is -2.00. The van der Waals surface area contributed by atoms with E-state index in [1.807, 2.05) is 6.07 Å². The number of rotatable bonds is 7. The molecule has 0 radical (unpaired) electrons. The maximum Gasteiger partial charge on any atom is 0.147 e. The Bertz CT molecular complexity index is 564. The summed E-state index contributed by atoms with van der Waals surface area (Å²) in [5.74, 6) is -0.291. The minimum atomic E-state index is -0.291. The molecule has 1 aromatic carbocycles. The number of benzene rings is 1. The molecule has 1 aromatic heterocycles. The Morgan fingerprint density at radius 2 is 2.20 bits per heavy atom. The van der Waals surface area contributed by atoms with Crippen molar-refractivity contribution in [1.82, 2.24) is 15.5 Å². The van der Waals surface area contributed by atoms with Gasteiger partial charge in [0.1, 0.15) is 15.8 Å². The Morgan fingerprint density at radius 3 is 2.95 bits per heavy atom. The maximum absolute atomic E-state index is 13.5. The summed E-state index contributed by atoms with van der Waals surface area (Å²) in [6.45, 7) is 2.34. The molecule has 1 N–H and O–H groups in total. The van der Waals surface area contributed by atoms with E-state index in [-0.39, 0.29) is 5.82 Å². The van der Waals surface area contributed by atoms with Gasteiger partial charge in [-0.2, -0.15) is 0 Å². The third-order valence-electron chi connectivity index (χ3n) is 2.63. The van der Waals surface area contributed by atoms with Crippen molar-refractivity contribution in [2.45, 2.75) is 6.42 Å². The van der Waals surface area contributed by atoms with E-state index in [1.54, 1.807) is 13.2 Å². The monoisotopic (exact) mass is 359 g/mol. The molecule has 0 saturated heterocycles. The van der Waals surface area contributed by atoms with Crippen molar-refractivity contribution >= 4 is 27.3 Å². The van der Waals surface area contributed by atoms with Crippen LogP contribution in [0.25, 0.3) is 10.6 Å². The predicted octanol–water partition coefficient (Wildman–Crippen LogP) is 2.89. The van der Waals surface area contributed by atoms with Crippen molar-refractivity contribution in [3.63, 3.8) is 0 Å². The van der Waals surface area contributed by atoms with Gasteiger partial charge >= 0.3 is 0 Å². The predicted molar refractivity (Wildman–Crippen MR) is 81.5 cm³/mol. The van der Waals surface area contributed by atoms with Crippen LogP contribution in [0, 0.1) is 5.82 Å². The summed E-state index contributed by atoms with van der Waals surface area (Å²) in [7, 11) is 1.68. The van der Waals surface area contributed by atoms with Gasteiger partial charge in [0.15, 0.2) is 0 Å². The van der Waals surface area contributed by atoms with Crippen molar-refractivity contribution in [3.8, 4) is 10.6 Å². The second-order valence-electron chi connectivity index (χ2n) is 4.12. The van der Waals surface area contributed by atoms with E-state index in [1.165, 1.54) is 17.4 Å². The van der Waals surface area contributed by atoms with Crippen LogP contribution in [0.15, 0.2) is 22.7 Å². The number of ether oxygens (including phenoxy) is 1. The minimum Gasteiger partial charge on any atom is -0.383 e. The Hall–Kier alpha value is -0.890. The highest BCUT2D eigenvalue weighted by atomic mass is 79.9. The number of aromatic nitrogens is 2. The largest absolute Gasteiger partial charge is 0.383 e. The second kappa shape index (κ2) is 7.78. The van der Waals surface area contributed by atoms with Crippen LogP contribution in [-0.4, -0.2) is 37.0 Å². The molecule has 0 fully saturated rings. The van der Waals surface area contributed by atoms with E-state index in [0.29, 0.717) is 11.1 Å². The molecule has 7 heteroatoms. The molecule has 0 amide bonds. The van der Waals surface area contributed by atoms with Crippen LogP contribution in [0.3, 0.4) is 0 Å². The zero-order valence-electron chi connectivity index (χ0n) is 11.0. The van der Waals surface area contributed by atoms with Crippen molar-refractivity contribution in [3.05, 3.63) is 33.5 Å². The molecule has 0 aliphatic rings.